The first-order valence-corrected chi connectivity index (χ1v) is 6.12. The number of benzene rings is 1. The summed E-state index contributed by atoms with van der Waals surface area (Å²) in [6.07, 6.45) is 2.66. The Labute approximate surface area is 112 Å². The molecule has 2 rings (SSSR count). The van der Waals surface area contributed by atoms with Gasteiger partial charge in [-0.05, 0) is 19.1 Å². The van der Waals surface area contributed by atoms with Gasteiger partial charge in [0.2, 0.25) is 5.91 Å². The number of nitrogens with one attached hydrogen (secondary N) is 2. The molecule has 2 aromatic rings. The van der Waals surface area contributed by atoms with E-state index in [1.54, 1.807) is 13.4 Å². The molecular formula is C14H17N3O2. The standard InChI is InChI=1S/C14H17N3O2/c1-10-11(16-9-15-10)7-8-14(18)17-12-5-3-4-6-13(12)19-2/h3-6,9H,7-8H2,1-2H3,(H,15,16)(H,17,18). The van der Waals surface area contributed by atoms with Gasteiger partial charge < -0.3 is 15.0 Å². The summed E-state index contributed by atoms with van der Waals surface area (Å²) >= 11 is 0. The highest BCUT2D eigenvalue weighted by molar-refractivity contribution is 5.92. The van der Waals surface area contributed by atoms with Crippen LogP contribution in [0.1, 0.15) is 17.8 Å². The number of imidazole rings is 1. The van der Waals surface area contributed by atoms with Crippen molar-refractivity contribution in [3.8, 4) is 5.75 Å². The van der Waals surface area contributed by atoms with Crippen LogP contribution in [0.2, 0.25) is 0 Å². The van der Waals surface area contributed by atoms with E-state index in [1.807, 2.05) is 31.2 Å². The molecule has 2 N–H and O–H groups in total. The van der Waals surface area contributed by atoms with Gasteiger partial charge in [0, 0.05) is 18.5 Å². The van der Waals surface area contributed by atoms with Gasteiger partial charge in [-0.1, -0.05) is 12.1 Å². The van der Waals surface area contributed by atoms with E-state index in [4.69, 9.17) is 4.74 Å². The molecular weight excluding hydrogens is 242 g/mol. The molecule has 1 aromatic heterocycles. The Balaban J connectivity index is 1.93. The maximum Gasteiger partial charge on any atom is 0.224 e. The average molecular weight is 259 g/mol. The normalized spacial score (nSPS) is 10.2. The monoisotopic (exact) mass is 259 g/mol. The molecule has 0 atom stereocenters. The Morgan fingerprint density at radius 2 is 2.21 bits per heavy atom. The molecule has 1 aromatic carbocycles. The molecule has 0 radical (unpaired) electrons. The minimum absolute atomic E-state index is 0.0492. The van der Waals surface area contributed by atoms with Gasteiger partial charge in [-0.25, -0.2) is 4.98 Å². The van der Waals surface area contributed by atoms with Crippen molar-refractivity contribution in [3.63, 3.8) is 0 Å². The van der Waals surface area contributed by atoms with Crippen LogP contribution in [-0.4, -0.2) is 23.0 Å². The molecule has 0 bridgehead atoms. The third-order valence-electron chi connectivity index (χ3n) is 2.90. The number of ether oxygens (including phenoxy) is 1. The minimum Gasteiger partial charge on any atom is -0.495 e. The van der Waals surface area contributed by atoms with E-state index in [9.17, 15) is 4.79 Å². The van der Waals surface area contributed by atoms with E-state index in [-0.39, 0.29) is 5.91 Å². The Kier molecular flexibility index (Phi) is 4.18. The van der Waals surface area contributed by atoms with Crippen molar-refractivity contribution in [1.82, 2.24) is 9.97 Å². The maximum absolute atomic E-state index is 11.9. The second-order valence-electron chi connectivity index (χ2n) is 4.22. The molecule has 1 heterocycles. The number of nitrogens with zero attached hydrogens (tertiary/aromatic N) is 1. The highest BCUT2D eigenvalue weighted by Crippen LogP contribution is 2.23. The lowest BCUT2D eigenvalue weighted by atomic mass is 10.2. The summed E-state index contributed by atoms with van der Waals surface area (Å²) in [7, 11) is 1.58. The molecule has 0 saturated carbocycles. The molecule has 0 fully saturated rings. The van der Waals surface area contributed by atoms with Crippen LogP contribution in [0.15, 0.2) is 30.6 Å². The van der Waals surface area contributed by atoms with Gasteiger partial charge in [0.15, 0.2) is 0 Å². The largest absolute Gasteiger partial charge is 0.495 e. The fraction of sp³-hybridized carbons (Fsp3) is 0.286. The number of rotatable bonds is 5. The Bertz CT molecular complexity index is 563. The lowest BCUT2D eigenvalue weighted by Crippen LogP contribution is -2.13. The highest BCUT2D eigenvalue weighted by Gasteiger charge is 2.08. The number of carbonyl (C=O) groups excluding carboxylic acids is 1. The van der Waals surface area contributed by atoms with Crippen LogP contribution in [0.4, 0.5) is 5.69 Å². The summed E-state index contributed by atoms with van der Waals surface area (Å²) in [5.41, 5.74) is 2.62. The van der Waals surface area contributed by atoms with Crippen LogP contribution in [0.3, 0.4) is 0 Å². The van der Waals surface area contributed by atoms with E-state index in [0.29, 0.717) is 24.3 Å². The van der Waals surface area contributed by atoms with E-state index >= 15 is 0 Å². The molecule has 100 valence electrons. The second-order valence-corrected chi connectivity index (χ2v) is 4.22. The smallest absolute Gasteiger partial charge is 0.224 e. The Morgan fingerprint density at radius 1 is 1.42 bits per heavy atom. The van der Waals surface area contributed by atoms with E-state index in [1.165, 1.54) is 0 Å². The van der Waals surface area contributed by atoms with Crippen LogP contribution in [0, 0.1) is 6.92 Å². The van der Waals surface area contributed by atoms with E-state index in [0.717, 1.165) is 11.4 Å². The number of amides is 1. The van der Waals surface area contributed by atoms with Crippen molar-refractivity contribution in [2.24, 2.45) is 0 Å². The molecule has 0 saturated heterocycles. The third-order valence-corrected chi connectivity index (χ3v) is 2.90. The number of para-hydroxylation sites is 2. The van der Waals surface area contributed by atoms with Crippen molar-refractivity contribution in [3.05, 3.63) is 42.0 Å². The van der Waals surface area contributed by atoms with Gasteiger partial charge >= 0.3 is 0 Å². The molecule has 5 nitrogen and oxygen atoms in total. The summed E-state index contributed by atoms with van der Waals surface area (Å²) < 4.78 is 5.18. The lowest BCUT2D eigenvalue weighted by Gasteiger charge is -2.09. The van der Waals surface area contributed by atoms with Gasteiger partial charge in [-0.3, -0.25) is 4.79 Å². The van der Waals surface area contributed by atoms with Crippen LogP contribution in [-0.2, 0) is 11.2 Å². The SMILES string of the molecule is COc1ccccc1NC(=O)CCc1nc[nH]c1C. The quantitative estimate of drug-likeness (QED) is 0.865. The van der Waals surface area contributed by atoms with Crippen molar-refractivity contribution in [2.45, 2.75) is 19.8 Å². The number of aromatic nitrogens is 2. The topological polar surface area (TPSA) is 67.0 Å². The van der Waals surface area contributed by atoms with Gasteiger partial charge in [0.05, 0.1) is 24.8 Å². The van der Waals surface area contributed by atoms with Crippen molar-refractivity contribution < 1.29 is 9.53 Å². The summed E-state index contributed by atoms with van der Waals surface area (Å²) in [4.78, 5) is 19.0. The number of aryl methyl sites for hydroxylation is 2. The fourth-order valence-electron chi connectivity index (χ4n) is 1.83. The predicted molar refractivity (Wildman–Crippen MR) is 73.3 cm³/mol. The first kappa shape index (κ1) is 13.1. The van der Waals surface area contributed by atoms with Gasteiger partial charge in [0.25, 0.3) is 0 Å². The zero-order valence-electron chi connectivity index (χ0n) is 11.1. The summed E-state index contributed by atoms with van der Waals surface area (Å²) in [5, 5.41) is 2.84. The zero-order chi connectivity index (χ0) is 13.7. The number of hydrogen-bond acceptors (Lipinski definition) is 3. The average Bonchev–Trinajstić information content (AvgIpc) is 2.82. The summed E-state index contributed by atoms with van der Waals surface area (Å²) in [6.45, 7) is 1.94. The van der Waals surface area contributed by atoms with Crippen LogP contribution >= 0.6 is 0 Å². The summed E-state index contributed by atoms with van der Waals surface area (Å²) in [5.74, 6) is 0.610. The third kappa shape index (κ3) is 3.34. The number of hydrogen-bond donors (Lipinski definition) is 2. The van der Waals surface area contributed by atoms with Gasteiger partial charge in [-0.2, -0.15) is 0 Å². The Morgan fingerprint density at radius 3 is 2.89 bits per heavy atom. The first-order chi connectivity index (χ1) is 9.20. The lowest BCUT2D eigenvalue weighted by molar-refractivity contribution is -0.116. The van der Waals surface area contributed by atoms with Crippen molar-refractivity contribution in [2.75, 3.05) is 12.4 Å². The van der Waals surface area contributed by atoms with Crippen molar-refractivity contribution >= 4 is 11.6 Å². The number of carbonyl (C=O) groups is 1. The highest BCUT2D eigenvalue weighted by atomic mass is 16.5. The molecule has 0 aliphatic heterocycles. The van der Waals surface area contributed by atoms with Gasteiger partial charge in [0.1, 0.15) is 5.75 Å². The zero-order valence-corrected chi connectivity index (χ0v) is 11.1. The number of H-pyrrole nitrogens is 1. The fourth-order valence-corrected chi connectivity index (χ4v) is 1.83. The number of methoxy groups -OCH3 is 1. The molecule has 0 aliphatic carbocycles. The van der Waals surface area contributed by atoms with Crippen LogP contribution in [0.25, 0.3) is 0 Å². The molecule has 0 aliphatic rings. The second kappa shape index (κ2) is 6.04. The maximum atomic E-state index is 11.9. The molecule has 0 unspecified atom stereocenters. The van der Waals surface area contributed by atoms with E-state index in [2.05, 4.69) is 15.3 Å². The van der Waals surface area contributed by atoms with Gasteiger partial charge in [-0.15, -0.1) is 0 Å². The van der Waals surface area contributed by atoms with E-state index < -0.39 is 0 Å². The predicted octanol–water partition coefficient (Wildman–Crippen LogP) is 2.30. The van der Waals surface area contributed by atoms with Crippen LogP contribution < -0.4 is 10.1 Å². The summed E-state index contributed by atoms with van der Waals surface area (Å²) in [6, 6.07) is 7.35. The molecule has 1 amide bonds. The minimum atomic E-state index is -0.0492. The Hall–Kier alpha value is -2.30. The molecule has 0 spiro atoms. The number of anilines is 1. The van der Waals surface area contributed by atoms with Crippen LogP contribution in [0.5, 0.6) is 5.75 Å². The molecule has 19 heavy (non-hydrogen) atoms. The number of aromatic amines is 1. The molecule has 5 heteroatoms. The van der Waals surface area contributed by atoms with Crippen molar-refractivity contribution in [1.29, 1.82) is 0 Å². The first-order valence-electron chi connectivity index (χ1n) is 6.12.